The molecule has 0 aliphatic carbocycles. The number of fused-ring (bicyclic) bond motifs is 2. The van der Waals surface area contributed by atoms with Crippen molar-refractivity contribution in [1.82, 2.24) is 24.5 Å². The molecule has 6 heteroatoms. The third-order valence-electron chi connectivity index (χ3n) is 5.71. The molecule has 1 N–H and O–H groups in total. The summed E-state index contributed by atoms with van der Waals surface area (Å²) in [6.07, 6.45) is 3.85. The van der Waals surface area contributed by atoms with Gasteiger partial charge in [-0.1, -0.05) is 6.07 Å². The normalized spacial score (nSPS) is 17.3. The minimum absolute atomic E-state index is 0.0420. The van der Waals surface area contributed by atoms with Crippen LogP contribution in [0.15, 0.2) is 42.6 Å². The number of nitrogens with one attached hydrogen (secondary N) is 1. The second-order valence-corrected chi connectivity index (χ2v) is 7.28. The van der Waals surface area contributed by atoms with Crippen LogP contribution in [0.2, 0.25) is 0 Å². The summed E-state index contributed by atoms with van der Waals surface area (Å²) in [5.41, 5.74) is 4.95. The van der Waals surface area contributed by atoms with Gasteiger partial charge in [0.05, 0.1) is 6.04 Å². The van der Waals surface area contributed by atoms with Crippen molar-refractivity contribution < 1.29 is 4.79 Å². The van der Waals surface area contributed by atoms with Crippen molar-refractivity contribution in [2.24, 2.45) is 0 Å². The molecule has 27 heavy (non-hydrogen) atoms. The highest BCUT2D eigenvalue weighted by Gasteiger charge is 2.33. The number of hydrogen-bond donors (Lipinski definition) is 1. The molecule has 3 aromatic heterocycles. The summed E-state index contributed by atoms with van der Waals surface area (Å²) in [5.74, 6) is 0.900. The molecule has 0 bridgehead atoms. The lowest BCUT2D eigenvalue weighted by Gasteiger charge is -2.23. The fourth-order valence-electron chi connectivity index (χ4n) is 4.13. The average Bonchev–Trinajstić information content (AvgIpc) is 3.39. The van der Waals surface area contributed by atoms with Crippen molar-refractivity contribution in [3.05, 3.63) is 65.2 Å². The number of likely N-dealkylation sites (tertiary alicyclic amines) is 1. The third-order valence-corrected chi connectivity index (χ3v) is 5.71. The van der Waals surface area contributed by atoms with Gasteiger partial charge in [-0.25, -0.2) is 0 Å². The zero-order valence-electron chi connectivity index (χ0n) is 15.4. The number of amides is 1. The number of carbonyl (C=O) groups is 1. The smallest absolute Gasteiger partial charge is 0.254 e. The number of carbonyl (C=O) groups excluding carboxylic acids is 1. The molecule has 1 fully saturated rings. The van der Waals surface area contributed by atoms with Crippen LogP contribution in [-0.4, -0.2) is 36.9 Å². The van der Waals surface area contributed by atoms with Gasteiger partial charge in [0.2, 0.25) is 0 Å². The molecule has 4 heterocycles. The molecule has 1 amide bonds. The maximum atomic E-state index is 13.3. The predicted octanol–water partition coefficient (Wildman–Crippen LogP) is 3.80. The van der Waals surface area contributed by atoms with Gasteiger partial charge >= 0.3 is 0 Å². The van der Waals surface area contributed by atoms with Crippen molar-refractivity contribution in [3.63, 3.8) is 0 Å². The van der Waals surface area contributed by atoms with E-state index >= 15 is 0 Å². The number of pyridine rings is 1. The van der Waals surface area contributed by atoms with Gasteiger partial charge in [0, 0.05) is 34.9 Å². The maximum absolute atomic E-state index is 13.3. The average molecular weight is 359 g/mol. The first-order valence-corrected chi connectivity index (χ1v) is 9.33. The molecule has 4 aromatic rings. The molecule has 0 radical (unpaired) electrons. The summed E-state index contributed by atoms with van der Waals surface area (Å²) in [6.45, 7) is 4.89. The van der Waals surface area contributed by atoms with Gasteiger partial charge in [-0.2, -0.15) is 0 Å². The molecule has 1 aliphatic rings. The van der Waals surface area contributed by atoms with Gasteiger partial charge in [-0.3, -0.25) is 9.20 Å². The summed E-state index contributed by atoms with van der Waals surface area (Å²) in [6, 6.07) is 11.7. The van der Waals surface area contributed by atoms with Crippen LogP contribution >= 0.6 is 0 Å². The van der Waals surface area contributed by atoms with Crippen molar-refractivity contribution in [1.29, 1.82) is 0 Å². The van der Waals surface area contributed by atoms with E-state index in [1.165, 1.54) is 5.56 Å². The standard InChI is InChI=1S/C21H21N5O/c1-13-14(2)22-17-9-8-15(12-16(13)17)21(27)25-11-5-6-18(25)20-24-23-19-7-3-4-10-26(19)20/h3-4,7-10,12,18,22H,5-6,11H2,1-2H3/t18-/m0/s1. The predicted molar refractivity (Wildman–Crippen MR) is 104 cm³/mol. The van der Waals surface area contributed by atoms with Gasteiger partial charge in [-0.05, 0) is 62.6 Å². The third kappa shape index (κ3) is 2.44. The molecule has 136 valence electrons. The Morgan fingerprint density at radius 2 is 2.07 bits per heavy atom. The SMILES string of the molecule is Cc1[nH]c2ccc(C(=O)N3CCC[C@H]3c3nnc4ccccn34)cc2c1C. The maximum Gasteiger partial charge on any atom is 0.254 e. The molecule has 1 aliphatic heterocycles. The molecule has 0 saturated carbocycles. The Bertz CT molecular complexity index is 1170. The number of nitrogens with zero attached hydrogens (tertiary/aromatic N) is 4. The monoisotopic (exact) mass is 359 g/mol. The molecule has 1 aromatic carbocycles. The van der Waals surface area contributed by atoms with Crippen LogP contribution in [0.5, 0.6) is 0 Å². The number of H-pyrrole nitrogens is 1. The number of hydrogen-bond acceptors (Lipinski definition) is 3. The van der Waals surface area contributed by atoms with E-state index < -0.39 is 0 Å². The summed E-state index contributed by atoms with van der Waals surface area (Å²) >= 11 is 0. The van der Waals surface area contributed by atoms with Crippen LogP contribution < -0.4 is 0 Å². The van der Waals surface area contributed by atoms with E-state index in [-0.39, 0.29) is 11.9 Å². The summed E-state index contributed by atoms with van der Waals surface area (Å²) < 4.78 is 1.99. The first-order valence-electron chi connectivity index (χ1n) is 9.33. The van der Waals surface area contributed by atoms with E-state index in [0.717, 1.165) is 53.0 Å². The summed E-state index contributed by atoms with van der Waals surface area (Å²) in [4.78, 5) is 18.6. The first kappa shape index (κ1) is 16.1. The van der Waals surface area contributed by atoms with Crippen LogP contribution in [0.25, 0.3) is 16.6 Å². The second-order valence-electron chi connectivity index (χ2n) is 7.28. The number of aromatic nitrogens is 4. The fourth-order valence-corrected chi connectivity index (χ4v) is 4.13. The molecule has 1 atom stereocenters. The van der Waals surface area contributed by atoms with Crippen LogP contribution in [-0.2, 0) is 0 Å². The first-order chi connectivity index (χ1) is 13.1. The van der Waals surface area contributed by atoms with Gasteiger partial charge in [0.25, 0.3) is 5.91 Å². The molecular formula is C21H21N5O. The lowest BCUT2D eigenvalue weighted by molar-refractivity contribution is 0.0729. The van der Waals surface area contributed by atoms with Gasteiger partial charge in [-0.15, -0.1) is 10.2 Å². The fraction of sp³-hybridized carbons (Fsp3) is 0.286. The van der Waals surface area contributed by atoms with Crippen molar-refractivity contribution >= 4 is 22.5 Å². The van der Waals surface area contributed by atoms with Crippen molar-refractivity contribution in [3.8, 4) is 0 Å². The summed E-state index contributed by atoms with van der Waals surface area (Å²) in [5, 5.41) is 9.75. The topological polar surface area (TPSA) is 66.3 Å². The highest BCUT2D eigenvalue weighted by Crippen LogP contribution is 2.33. The molecule has 1 saturated heterocycles. The molecule has 5 rings (SSSR count). The number of benzene rings is 1. The zero-order chi connectivity index (χ0) is 18.5. The van der Waals surface area contributed by atoms with Gasteiger partial charge < -0.3 is 9.88 Å². The Balaban J connectivity index is 1.53. The van der Waals surface area contributed by atoms with E-state index in [2.05, 4.69) is 29.0 Å². The second kappa shape index (κ2) is 5.94. The number of aromatic amines is 1. The number of aryl methyl sites for hydroxylation is 2. The van der Waals surface area contributed by atoms with E-state index in [4.69, 9.17) is 0 Å². The Morgan fingerprint density at radius 1 is 1.19 bits per heavy atom. The lowest BCUT2D eigenvalue weighted by Crippen LogP contribution is -2.31. The quantitative estimate of drug-likeness (QED) is 0.592. The summed E-state index contributed by atoms with van der Waals surface area (Å²) in [7, 11) is 0. The molecule has 6 nitrogen and oxygen atoms in total. The Morgan fingerprint density at radius 3 is 2.96 bits per heavy atom. The van der Waals surface area contributed by atoms with Crippen molar-refractivity contribution in [2.45, 2.75) is 32.7 Å². The molecule has 0 spiro atoms. The molecular weight excluding hydrogens is 338 g/mol. The van der Waals surface area contributed by atoms with E-state index in [9.17, 15) is 4.79 Å². The Labute approximate surface area is 156 Å². The Kier molecular flexibility index (Phi) is 3.53. The molecule has 0 unspecified atom stereocenters. The lowest BCUT2D eigenvalue weighted by atomic mass is 10.1. The van der Waals surface area contributed by atoms with Crippen LogP contribution in [0, 0.1) is 13.8 Å². The minimum Gasteiger partial charge on any atom is -0.358 e. The van der Waals surface area contributed by atoms with Crippen molar-refractivity contribution in [2.75, 3.05) is 6.54 Å². The van der Waals surface area contributed by atoms with Crippen LogP contribution in [0.1, 0.15) is 46.3 Å². The largest absolute Gasteiger partial charge is 0.358 e. The van der Waals surface area contributed by atoms with Crippen LogP contribution in [0.3, 0.4) is 0 Å². The van der Waals surface area contributed by atoms with E-state index in [1.807, 2.05) is 51.9 Å². The Hall–Kier alpha value is -3.15. The van der Waals surface area contributed by atoms with E-state index in [0.29, 0.717) is 0 Å². The highest BCUT2D eigenvalue weighted by atomic mass is 16.2. The van der Waals surface area contributed by atoms with Gasteiger partial charge in [0.15, 0.2) is 11.5 Å². The number of rotatable bonds is 2. The van der Waals surface area contributed by atoms with Crippen LogP contribution in [0.4, 0.5) is 0 Å². The van der Waals surface area contributed by atoms with E-state index in [1.54, 1.807) is 0 Å². The van der Waals surface area contributed by atoms with Gasteiger partial charge in [0.1, 0.15) is 0 Å². The highest BCUT2D eigenvalue weighted by molar-refractivity contribution is 5.99. The minimum atomic E-state index is -0.0420. The zero-order valence-corrected chi connectivity index (χ0v) is 15.4.